The highest BCUT2D eigenvalue weighted by Crippen LogP contribution is 2.31. The third kappa shape index (κ3) is 2.15. The molecule has 88 valence electrons. The number of carbonyl (C=O) groups excluding carboxylic acids is 1. The molecule has 0 unspecified atom stereocenters. The predicted octanol–water partition coefficient (Wildman–Crippen LogP) is 2.50. The standard InChI is InChI=1S/C10H10F3NO2/c1-5-6(2)8(10(11,12)13)14-4-7(5)9(15)16-3/h4H,1-3H3. The second-order valence-electron chi connectivity index (χ2n) is 3.26. The first-order valence-electron chi connectivity index (χ1n) is 4.40. The first-order chi connectivity index (χ1) is 7.29. The Morgan fingerprint density at radius 2 is 1.88 bits per heavy atom. The number of nitrogens with zero attached hydrogens (tertiary/aromatic N) is 1. The number of hydrogen-bond acceptors (Lipinski definition) is 3. The summed E-state index contributed by atoms with van der Waals surface area (Å²) in [7, 11) is 1.16. The van der Waals surface area contributed by atoms with E-state index < -0.39 is 17.8 Å². The van der Waals surface area contributed by atoms with Crippen molar-refractivity contribution < 1.29 is 22.7 Å². The number of alkyl halides is 3. The van der Waals surface area contributed by atoms with Crippen LogP contribution in [-0.2, 0) is 10.9 Å². The fraction of sp³-hybridized carbons (Fsp3) is 0.400. The summed E-state index contributed by atoms with van der Waals surface area (Å²) in [4.78, 5) is 14.5. The molecule has 0 amide bonds. The van der Waals surface area contributed by atoms with Crippen LogP contribution >= 0.6 is 0 Å². The molecule has 1 aromatic rings. The van der Waals surface area contributed by atoms with Crippen LogP contribution in [0.3, 0.4) is 0 Å². The van der Waals surface area contributed by atoms with Gasteiger partial charge in [0.25, 0.3) is 0 Å². The second kappa shape index (κ2) is 4.11. The topological polar surface area (TPSA) is 39.2 Å². The van der Waals surface area contributed by atoms with Gasteiger partial charge in [-0.1, -0.05) is 0 Å². The summed E-state index contributed by atoms with van der Waals surface area (Å²) in [6.45, 7) is 2.70. The molecule has 0 fully saturated rings. The zero-order valence-electron chi connectivity index (χ0n) is 8.97. The highest BCUT2D eigenvalue weighted by molar-refractivity contribution is 5.91. The fourth-order valence-electron chi connectivity index (χ4n) is 1.30. The van der Waals surface area contributed by atoms with E-state index in [0.717, 1.165) is 13.3 Å². The number of halogens is 3. The molecule has 0 saturated heterocycles. The Labute approximate surface area is 90.2 Å². The molecule has 0 aromatic carbocycles. The summed E-state index contributed by atoms with van der Waals surface area (Å²) >= 11 is 0. The van der Waals surface area contributed by atoms with E-state index >= 15 is 0 Å². The lowest BCUT2D eigenvalue weighted by molar-refractivity contribution is -0.141. The molecule has 0 spiro atoms. The first-order valence-corrected chi connectivity index (χ1v) is 4.40. The minimum Gasteiger partial charge on any atom is -0.465 e. The van der Waals surface area contributed by atoms with Gasteiger partial charge in [0.05, 0.1) is 12.7 Å². The first kappa shape index (κ1) is 12.5. The maximum absolute atomic E-state index is 12.5. The average Bonchev–Trinajstić information content (AvgIpc) is 2.19. The summed E-state index contributed by atoms with van der Waals surface area (Å²) in [6, 6.07) is 0. The Kier molecular flexibility index (Phi) is 3.21. The summed E-state index contributed by atoms with van der Waals surface area (Å²) in [6.07, 6.45) is -3.62. The molecular formula is C10H10F3NO2. The van der Waals surface area contributed by atoms with Crippen molar-refractivity contribution in [1.29, 1.82) is 0 Å². The number of carbonyl (C=O) groups is 1. The van der Waals surface area contributed by atoms with Crippen LogP contribution in [-0.4, -0.2) is 18.1 Å². The molecule has 0 bridgehead atoms. The van der Waals surface area contributed by atoms with Crippen LogP contribution in [0.1, 0.15) is 27.2 Å². The summed E-state index contributed by atoms with van der Waals surface area (Å²) in [5, 5.41) is 0. The molecule has 0 atom stereocenters. The smallest absolute Gasteiger partial charge is 0.433 e. The van der Waals surface area contributed by atoms with Gasteiger partial charge in [0.15, 0.2) is 0 Å². The Balaban J connectivity index is 3.35. The molecule has 0 aliphatic heterocycles. The number of pyridine rings is 1. The molecule has 16 heavy (non-hydrogen) atoms. The van der Waals surface area contributed by atoms with E-state index in [1.165, 1.54) is 13.8 Å². The largest absolute Gasteiger partial charge is 0.465 e. The minimum absolute atomic E-state index is 0.0491. The van der Waals surface area contributed by atoms with Crippen LogP contribution in [0.5, 0.6) is 0 Å². The van der Waals surface area contributed by atoms with E-state index in [-0.39, 0.29) is 16.7 Å². The number of rotatable bonds is 1. The van der Waals surface area contributed by atoms with E-state index in [2.05, 4.69) is 9.72 Å². The third-order valence-corrected chi connectivity index (χ3v) is 2.32. The van der Waals surface area contributed by atoms with Gasteiger partial charge in [0.2, 0.25) is 0 Å². The molecule has 1 aromatic heterocycles. The lowest BCUT2D eigenvalue weighted by Gasteiger charge is -2.13. The van der Waals surface area contributed by atoms with E-state index in [0.29, 0.717) is 0 Å². The van der Waals surface area contributed by atoms with Crippen LogP contribution in [0, 0.1) is 13.8 Å². The van der Waals surface area contributed by atoms with Crippen molar-refractivity contribution in [3.63, 3.8) is 0 Å². The Bertz CT molecular complexity index is 427. The van der Waals surface area contributed by atoms with Crippen LogP contribution in [0.15, 0.2) is 6.20 Å². The second-order valence-corrected chi connectivity index (χ2v) is 3.26. The monoisotopic (exact) mass is 233 g/mol. The van der Waals surface area contributed by atoms with Gasteiger partial charge in [0.1, 0.15) is 5.69 Å². The molecule has 6 heteroatoms. The van der Waals surface area contributed by atoms with Crippen molar-refractivity contribution in [3.05, 3.63) is 28.6 Å². The molecule has 0 aliphatic carbocycles. The van der Waals surface area contributed by atoms with E-state index in [1.54, 1.807) is 0 Å². The van der Waals surface area contributed by atoms with Crippen LogP contribution in [0.25, 0.3) is 0 Å². The van der Waals surface area contributed by atoms with Crippen molar-refractivity contribution in [2.24, 2.45) is 0 Å². The Morgan fingerprint density at radius 3 is 2.31 bits per heavy atom. The number of ether oxygens (including phenoxy) is 1. The summed E-state index contributed by atoms with van der Waals surface area (Å²) in [5.41, 5.74) is -0.754. The van der Waals surface area contributed by atoms with Crippen molar-refractivity contribution in [1.82, 2.24) is 4.98 Å². The number of methoxy groups -OCH3 is 1. The number of hydrogen-bond donors (Lipinski definition) is 0. The molecule has 0 aliphatic rings. The normalized spacial score (nSPS) is 11.4. The van der Waals surface area contributed by atoms with Gasteiger partial charge in [-0.15, -0.1) is 0 Å². The van der Waals surface area contributed by atoms with Gasteiger partial charge in [-0.2, -0.15) is 13.2 Å². The van der Waals surface area contributed by atoms with E-state index in [1.807, 2.05) is 0 Å². The molecule has 3 nitrogen and oxygen atoms in total. The van der Waals surface area contributed by atoms with Gasteiger partial charge in [-0.05, 0) is 25.0 Å². The van der Waals surface area contributed by atoms with Crippen LogP contribution in [0.2, 0.25) is 0 Å². The quantitative estimate of drug-likeness (QED) is 0.699. The van der Waals surface area contributed by atoms with Gasteiger partial charge in [0, 0.05) is 6.20 Å². The zero-order chi connectivity index (χ0) is 12.5. The summed E-state index contributed by atoms with van der Waals surface area (Å²) < 4.78 is 41.8. The van der Waals surface area contributed by atoms with E-state index in [4.69, 9.17) is 0 Å². The van der Waals surface area contributed by atoms with Gasteiger partial charge >= 0.3 is 12.1 Å². The van der Waals surface area contributed by atoms with Gasteiger partial charge in [-0.3, -0.25) is 4.98 Å². The number of esters is 1. The van der Waals surface area contributed by atoms with Crippen molar-refractivity contribution in [2.45, 2.75) is 20.0 Å². The molecular weight excluding hydrogens is 223 g/mol. The lowest BCUT2D eigenvalue weighted by atomic mass is 10.0. The molecule has 0 saturated carbocycles. The van der Waals surface area contributed by atoms with Crippen molar-refractivity contribution in [3.8, 4) is 0 Å². The van der Waals surface area contributed by atoms with Crippen LogP contribution in [0.4, 0.5) is 13.2 Å². The Hall–Kier alpha value is -1.59. The average molecular weight is 233 g/mol. The predicted molar refractivity (Wildman–Crippen MR) is 50.1 cm³/mol. The van der Waals surface area contributed by atoms with Crippen molar-refractivity contribution >= 4 is 5.97 Å². The molecule has 1 heterocycles. The molecule has 0 radical (unpaired) electrons. The maximum Gasteiger partial charge on any atom is 0.433 e. The zero-order valence-corrected chi connectivity index (χ0v) is 8.97. The van der Waals surface area contributed by atoms with Gasteiger partial charge in [-0.25, -0.2) is 4.79 Å². The lowest BCUT2D eigenvalue weighted by Crippen LogP contribution is -2.14. The number of aromatic nitrogens is 1. The highest BCUT2D eigenvalue weighted by atomic mass is 19.4. The Morgan fingerprint density at radius 1 is 1.31 bits per heavy atom. The van der Waals surface area contributed by atoms with Crippen molar-refractivity contribution in [2.75, 3.05) is 7.11 Å². The van der Waals surface area contributed by atoms with E-state index in [9.17, 15) is 18.0 Å². The highest BCUT2D eigenvalue weighted by Gasteiger charge is 2.35. The maximum atomic E-state index is 12.5. The van der Waals surface area contributed by atoms with Crippen LogP contribution < -0.4 is 0 Å². The summed E-state index contributed by atoms with van der Waals surface area (Å²) in [5.74, 6) is -0.693. The minimum atomic E-state index is -4.51. The fourth-order valence-corrected chi connectivity index (χ4v) is 1.30. The molecule has 0 N–H and O–H groups in total. The van der Waals surface area contributed by atoms with Gasteiger partial charge < -0.3 is 4.74 Å². The third-order valence-electron chi connectivity index (χ3n) is 2.32. The SMILES string of the molecule is COC(=O)c1cnc(C(F)(F)F)c(C)c1C. The molecule has 1 rings (SSSR count).